The van der Waals surface area contributed by atoms with Gasteiger partial charge in [-0.3, -0.25) is 0 Å². The second-order valence-corrected chi connectivity index (χ2v) is 5.22. The van der Waals surface area contributed by atoms with Crippen LogP contribution in [0.5, 0.6) is 0 Å². The minimum atomic E-state index is -0.995. The summed E-state index contributed by atoms with van der Waals surface area (Å²) >= 11 is 7.32. The van der Waals surface area contributed by atoms with Gasteiger partial charge in [0.25, 0.3) is 0 Å². The van der Waals surface area contributed by atoms with Gasteiger partial charge in [0.05, 0.1) is 5.69 Å². The lowest BCUT2D eigenvalue weighted by atomic mass is 10.1. The summed E-state index contributed by atoms with van der Waals surface area (Å²) in [5, 5.41) is 9.71. The SMILES string of the molecule is CCc1c(-c2ccccc2Cl)sc(C(=O)O)c1N. The van der Waals surface area contributed by atoms with Crippen LogP contribution in [0.15, 0.2) is 24.3 Å². The molecule has 2 aromatic rings. The molecule has 1 aromatic carbocycles. The number of thiophene rings is 1. The number of halogens is 1. The number of carboxylic acid groups (broad SMARTS) is 1. The predicted octanol–water partition coefficient (Wildman–Crippen LogP) is 3.91. The summed E-state index contributed by atoms with van der Waals surface area (Å²) in [7, 11) is 0. The number of aromatic carboxylic acids is 1. The molecule has 0 saturated heterocycles. The Kier molecular flexibility index (Phi) is 3.59. The highest BCUT2D eigenvalue weighted by Crippen LogP contribution is 2.41. The van der Waals surface area contributed by atoms with E-state index in [2.05, 4.69) is 0 Å². The number of carbonyl (C=O) groups is 1. The van der Waals surface area contributed by atoms with Crippen molar-refractivity contribution in [3.63, 3.8) is 0 Å². The van der Waals surface area contributed by atoms with E-state index in [9.17, 15) is 4.79 Å². The van der Waals surface area contributed by atoms with Gasteiger partial charge in [-0.2, -0.15) is 0 Å². The Labute approximate surface area is 114 Å². The van der Waals surface area contributed by atoms with E-state index in [-0.39, 0.29) is 4.88 Å². The summed E-state index contributed by atoms with van der Waals surface area (Å²) in [5.74, 6) is -0.995. The summed E-state index contributed by atoms with van der Waals surface area (Å²) in [6.45, 7) is 1.95. The summed E-state index contributed by atoms with van der Waals surface area (Å²) in [6.07, 6.45) is 0.677. The van der Waals surface area contributed by atoms with Crippen LogP contribution in [-0.4, -0.2) is 11.1 Å². The first-order valence-corrected chi connectivity index (χ1v) is 6.65. The zero-order valence-corrected chi connectivity index (χ0v) is 11.3. The highest BCUT2D eigenvalue weighted by molar-refractivity contribution is 7.18. The van der Waals surface area contributed by atoms with E-state index in [0.717, 1.165) is 16.0 Å². The quantitative estimate of drug-likeness (QED) is 0.896. The van der Waals surface area contributed by atoms with Gasteiger partial charge in [0.1, 0.15) is 4.88 Å². The Balaban J connectivity index is 2.68. The Morgan fingerprint density at radius 3 is 2.67 bits per heavy atom. The molecule has 0 unspecified atom stereocenters. The molecule has 0 atom stereocenters. The van der Waals surface area contributed by atoms with E-state index >= 15 is 0 Å². The van der Waals surface area contributed by atoms with E-state index in [1.807, 2.05) is 25.1 Å². The minimum Gasteiger partial charge on any atom is -0.477 e. The third-order valence-electron chi connectivity index (χ3n) is 2.71. The van der Waals surface area contributed by atoms with Gasteiger partial charge in [0.2, 0.25) is 0 Å². The Hall–Kier alpha value is -1.52. The molecule has 0 aliphatic rings. The van der Waals surface area contributed by atoms with Crippen molar-refractivity contribution >= 4 is 34.6 Å². The molecule has 2 rings (SSSR count). The van der Waals surface area contributed by atoms with Crippen molar-refractivity contribution in [3.8, 4) is 10.4 Å². The summed E-state index contributed by atoms with van der Waals surface area (Å²) in [5.41, 5.74) is 7.93. The van der Waals surface area contributed by atoms with Gasteiger partial charge in [-0.25, -0.2) is 4.79 Å². The van der Waals surface area contributed by atoms with Crippen LogP contribution in [0.3, 0.4) is 0 Å². The number of hydrogen-bond donors (Lipinski definition) is 2. The van der Waals surface area contributed by atoms with E-state index < -0.39 is 5.97 Å². The number of benzene rings is 1. The topological polar surface area (TPSA) is 63.3 Å². The summed E-state index contributed by atoms with van der Waals surface area (Å²) < 4.78 is 0. The lowest BCUT2D eigenvalue weighted by molar-refractivity contribution is 0.0703. The zero-order chi connectivity index (χ0) is 13.3. The van der Waals surface area contributed by atoms with Gasteiger partial charge in [0, 0.05) is 15.5 Å². The molecule has 0 spiro atoms. The van der Waals surface area contributed by atoms with Crippen molar-refractivity contribution < 1.29 is 9.90 Å². The molecular formula is C13H12ClNO2S. The first-order chi connectivity index (χ1) is 8.56. The van der Waals surface area contributed by atoms with Gasteiger partial charge in [0.15, 0.2) is 0 Å². The molecule has 0 amide bonds. The largest absolute Gasteiger partial charge is 0.477 e. The second kappa shape index (κ2) is 5.00. The number of hydrogen-bond acceptors (Lipinski definition) is 3. The van der Waals surface area contributed by atoms with Crippen molar-refractivity contribution in [1.29, 1.82) is 0 Å². The molecule has 0 bridgehead atoms. The van der Waals surface area contributed by atoms with Gasteiger partial charge in [-0.1, -0.05) is 36.7 Å². The first kappa shape index (κ1) is 12.9. The van der Waals surface area contributed by atoms with Crippen LogP contribution in [0.4, 0.5) is 5.69 Å². The van der Waals surface area contributed by atoms with Gasteiger partial charge in [-0.05, 0) is 18.1 Å². The molecule has 5 heteroatoms. The fraction of sp³-hybridized carbons (Fsp3) is 0.154. The highest BCUT2D eigenvalue weighted by Gasteiger charge is 2.21. The molecule has 3 N–H and O–H groups in total. The van der Waals surface area contributed by atoms with Crippen molar-refractivity contribution in [2.75, 3.05) is 5.73 Å². The average Bonchev–Trinajstić information content (AvgIpc) is 2.67. The first-order valence-electron chi connectivity index (χ1n) is 5.45. The zero-order valence-electron chi connectivity index (χ0n) is 9.74. The Morgan fingerprint density at radius 1 is 1.44 bits per heavy atom. The normalized spacial score (nSPS) is 10.6. The molecule has 3 nitrogen and oxygen atoms in total. The smallest absolute Gasteiger partial charge is 0.348 e. The molecule has 0 aliphatic carbocycles. The van der Waals surface area contributed by atoms with Gasteiger partial charge >= 0.3 is 5.97 Å². The van der Waals surface area contributed by atoms with E-state index in [4.69, 9.17) is 22.4 Å². The molecule has 1 aromatic heterocycles. The number of carboxylic acids is 1. The van der Waals surface area contributed by atoms with E-state index in [0.29, 0.717) is 17.1 Å². The Morgan fingerprint density at radius 2 is 2.11 bits per heavy atom. The number of rotatable bonds is 3. The van der Waals surface area contributed by atoms with Crippen molar-refractivity contribution in [3.05, 3.63) is 39.7 Å². The molecular weight excluding hydrogens is 270 g/mol. The highest BCUT2D eigenvalue weighted by atomic mass is 35.5. The van der Waals surface area contributed by atoms with Gasteiger partial charge < -0.3 is 10.8 Å². The molecule has 94 valence electrons. The minimum absolute atomic E-state index is 0.182. The molecule has 0 aliphatic heterocycles. The molecule has 18 heavy (non-hydrogen) atoms. The van der Waals surface area contributed by atoms with Crippen LogP contribution in [-0.2, 0) is 6.42 Å². The molecule has 0 fully saturated rings. The van der Waals surface area contributed by atoms with Crippen molar-refractivity contribution in [2.24, 2.45) is 0 Å². The fourth-order valence-electron chi connectivity index (χ4n) is 1.85. The summed E-state index contributed by atoms with van der Waals surface area (Å²) in [4.78, 5) is 12.1. The third kappa shape index (κ3) is 2.09. The van der Waals surface area contributed by atoms with Crippen molar-refractivity contribution in [2.45, 2.75) is 13.3 Å². The number of nitrogen functional groups attached to an aromatic ring is 1. The van der Waals surface area contributed by atoms with Crippen LogP contribution in [0, 0.1) is 0 Å². The number of nitrogens with two attached hydrogens (primary N) is 1. The molecule has 0 radical (unpaired) electrons. The molecule has 1 heterocycles. The van der Waals surface area contributed by atoms with E-state index in [1.54, 1.807) is 6.07 Å². The van der Waals surface area contributed by atoms with Gasteiger partial charge in [-0.15, -0.1) is 11.3 Å². The average molecular weight is 282 g/mol. The van der Waals surface area contributed by atoms with Crippen LogP contribution in [0.25, 0.3) is 10.4 Å². The standard InChI is InChI=1S/C13H12ClNO2S/c1-2-7-10(15)12(13(16)17)18-11(7)8-5-3-4-6-9(8)14/h3-6H,2,15H2,1H3,(H,16,17). The lowest BCUT2D eigenvalue weighted by Gasteiger charge is -2.04. The molecule has 0 saturated carbocycles. The Bertz CT molecular complexity index is 607. The van der Waals surface area contributed by atoms with E-state index in [1.165, 1.54) is 11.3 Å². The number of anilines is 1. The fourth-order valence-corrected chi connectivity index (χ4v) is 3.33. The lowest BCUT2D eigenvalue weighted by Crippen LogP contribution is -1.99. The third-order valence-corrected chi connectivity index (χ3v) is 4.31. The maximum absolute atomic E-state index is 11.1. The van der Waals surface area contributed by atoms with Crippen LogP contribution >= 0.6 is 22.9 Å². The maximum atomic E-state index is 11.1. The monoisotopic (exact) mass is 281 g/mol. The summed E-state index contributed by atoms with van der Waals surface area (Å²) in [6, 6.07) is 7.37. The maximum Gasteiger partial charge on any atom is 0.348 e. The van der Waals surface area contributed by atoms with Crippen molar-refractivity contribution in [1.82, 2.24) is 0 Å². The predicted molar refractivity (Wildman–Crippen MR) is 75.5 cm³/mol. The van der Waals surface area contributed by atoms with Crippen LogP contribution < -0.4 is 5.73 Å². The van der Waals surface area contributed by atoms with Crippen LogP contribution in [0.2, 0.25) is 5.02 Å². The van der Waals surface area contributed by atoms with Crippen LogP contribution in [0.1, 0.15) is 22.2 Å². The second-order valence-electron chi connectivity index (χ2n) is 3.79.